The Labute approximate surface area is 178 Å². The standard InChI is InChI=1S/C21H22N4O4S/c1-28-21(27)15-11-16(30-2)17-18(22-15)20(25-6-8-29-9-7-25)24-19(23-17)14-5-3-4-13(10-14)12-26/h3-5,10-11,26H,6-9,12H2,1-2H3. The maximum atomic E-state index is 12.2. The van der Waals surface area contributed by atoms with Gasteiger partial charge in [-0.25, -0.2) is 19.7 Å². The maximum Gasteiger partial charge on any atom is 0.356 e. The third-order valence-electron chi connectivity index (χ3n) is 4.89. The number of pyridine rings is 1. The Kier molecular flexibility index (Phi) is 6.12. The van der Waals surface area contributed by atoms with Crippen molar-refractivity contribution in [2.75, 3.05) is 44.6 Å². The molecule has 156 valence electrons. The largest absolute Gasteiger partial charge is 0.464 e. The first-order valence-electron chi connectivity index (χ1n) is 9.52. The van der Waals surface area contributed by atoms with Gasteiger partial charge in [-0.15, -0.1) is 11.8 Å². The molecular weight excluding hydrogens is 404 g/mol. The topological polar surface area (TPSA) is 97.7 Å². The van der Waals surface area contributed by atoms with Gasteiger partial charge in [0.15, 0.2) is 11.6 Å². The van der Waals surface area contributed by atoms with Gasteiger partial charge in [-0.1, -0.05) is 18.2 Å². The van der Waals surface area contributed by atoms with E-state index in [1.165, 1.54) is 18.9 Å². The summed E-state index contributed by atoms with van der Waals surface area (Å²) in [6.45, 7) is 2.46. The van der Waals surface area contributed by atoms with Crippen LogP contribution >= 0.6 is 11.8 Å². The first-order valence-corrected chi connectivity index (χ1v) is 10.7. The van der Waals surface area contributed by atoms with Crippen LogP contribution in [0, 0.1) is 0 Å². The minimum absolute atomic E-state index is 0.0577. The van der Waals surface area contributed by atoms with Crippen LogP contribution in [-0.2, 0) is 16.1 Å². The Bertz CT molecular complexity index is 1090. The fourth-order valence-corrected chi connectivity index (χ4v) is 3.93. The molecule has 3 heterocycles. The zero-order chi connectivity index (χ0) is 21.1. The van der Waals surface area contributed by atoms with E-state index < -0.39 is 5.97 Å². The van der Waals surface area contributed by atoms with Crippen molar-refractivity contribution in [2.24, 2.45) is 0 Å². The van der Waals surface area contributed by atoms with Gasteiger partial charge >= 0.3 is 5.97 Å². The molecule has 0 aliphatic carbocycles. The number of carbonyl (C=O) groups is 1. The number of thioether (sulfide) groups is 1. The molecule has 30 heavy (non-hydrogen) atoms. The monoisotopic (exact) mass is 426 g/mol. The van der Waals surface area contributed by atoms with E-state index in [0.717, 1.165) is 16.0 Å². The minimum Gasteiger partial charge on any atom is -0.464 e. The van der Waals surface area contributed by atoms with Crippen molar-refractivity contribution < 1.29 is 19.4 Å². The highest BCUT2D eigenvalue weighted by Crippen LogP contribution is 2.33. The second-order valence-corrected chi connectivity index (χ2v) is 7.58. The number of methoxy groups -OCH3 is 1. The molecule has 0 spiro atoms. The number of fused-ring (bicyclic) bond motifs is 1. The quantitative estimate of drug-likeness (QED) is 0.487. The predicted octanol–water partition coefficient (Wildman–Crippen LogP) is 2.53. The van der Waals surface area contributed by atoms with E-state index in [1.807, 2.05) is 30.5 Å². The zero-order valence-electron chi connectivity index (χ0n) is 16.8. The Balaban J connectivity index is 1.97. The van der Waals surface area contributed by atoms with E-state index in [0.29, 0.717) is 49.0 Å². The molecule has 1 N–H and O–H groups in total. The van der Waals surface area contributed by atoms with Crippen LogP contribution in [0.4, 0.5) is 5.82 Å². The number of morpholine rings is 1. The Hall–Kier alpha value is -2.75. The molecule has 0 radical (unpaired) electrons. The van der Waals surface area contributed by atoms with Crippen molar-refractivity contribution in [3.8, 4) is 11.4 Å². The fraction of sp³-hybridized carbons (Fsp3) is 0.333. The molecule has 1 saturated heterocycles. The molecule has 1 fully saturated rings. The van der Waals surface area contributed by atoms with Gasteiger partial charge in [0.05, 0.1) is 26.9 Å². The number of aromatic nitrogens is 3. The summed E-state index contributed by atoms with van der Waals surface area (Å²) in [5, 5.41) is 9.51. The lowest BCUT2D eigenvalue weighted by atomic mass is 10.1. The number of carbonyl (C=O) groups excluding carboxylic acids is 1. The van der Waals surface area contributed by atoms with E-state index in [9.17, 15) is 9.90 Å². The number of aliphatic hydroxyl groups is 1. The first kappa shape index (κ1) is 20.5. The SMILES string of the molecule is COC(=O)c1cc(SC)c2nc(-c3cccc(CO)c3)nc(N3CCOCC3)c2n1. The second-order valence-electron chi connectivity index (χ2n) is 6.73. The molecule has 0 amide bonds. The van der Waals surface area contributed by atoms with Crippen molar-refractivity contribution in [2.45, 2.75) is 11.5 Å². The summed E-state index contributed by atoms with van der Waals surface area (Å²) in [5.41, 5.74) is 3.06. The molecule has 1 aliphatic heterocycles. The van der Waals surface area contributed by atoms with E-state index >= 15 is 0 Å². The molecule has 3 aromatic rings. The number of hydrogen-bond acceptors (Lipinski definition) is 9. The molecule has 9 heteroatoms. The van der Waals surface area contributed by atoms with Crippen LogP contribution in [0.2, 0.25) is 0 Å². The van der Waals surface area contributed by atoms with Crippen LogP contribution in [0.1, 0.15) is 16.1 Å². The summed E-state index contributed by atoms with van der Waals surface area (Å²) in [7, 11) is 1.34. The van der Waals surface area contributed by atoms with Crippen LogP contribution in [0.3, 0.4) is 0 Å². The number of esters is 1. The third-order valence-corrected chi connectivity index (χ3v) is 5.64. The molecule has 0 atom stereocenters. The van der Waals surface area contributed by atoms with Gasteiger partial charge in [0, 0.05) is 23.5 Å². The number of rotatable bonds is 5. The molecule has 0 unspecified atom stereocenters. The van der Waals surface area contributed by atoms with Crippen molar-refractivity contribution in [3.05, 3.63) is 41.6 Å². The fourth-order valence-electron chi connectivity index (χ4n) is 3.36. The van der Waals surface area contributed by atoms with Crippen molar-refractivity contribution in [3.63, 3.8) is 0 Å². The van der Waals surface area contributed by atoms with Crippen molar-refractivity contribution in [1.29, 1.82) is 0 Å². The number of nitrogens with zero attached hydrogens (tertiary/aromatic N) is 4. The van der Waals surface area contributed by atoms with Crippen molar-refractivity contribution >= 4 is 34.6 Å². The zero-order valence-corrected chi connectivity index (χ0v) is 17.6. The van der Waals surface area contributed by atoms with Gasteiger partial charge in [0.1, 0.15) is 16.7 Å². The second kappa shape index (κ2) is 8.95. The summed E-state index contributed by atoms with van der Waals surface area (Å²) in [6, 6.07) is 9.21. The molecular formula is C21H22N4O4S. The van der Waals surface area contributed by atoms with Crippen molar-refractivity contribution in [1.82, 2.24) is 15.0 Å². The Morgan fingerprint density at radius 2 is 2.00 bits per heavy atom. The highest BCUT2D eigenvalue weighted by Gasteiger charge is 2.23. The number of hydrogen-bond donors (Lipinski definition) is 1. The average molecular weight is 426 g/mol. The summed E-state index contributed by atoms with van der Waals surface area (Å²) in [5.74, 6) is 0.704. The van der Waals surface area contributed by atoms with E-state index in [1.54, 1.807) is 6.07 Å². The van der Waals surface area contributed by atoms with Gasteiger partial charge in [-0.05, 0) is 24.0 Å². The lowest BCUT2D eigenvalue weighted by Crippen LogP contribution is -2.37. The van der Waals surface area contributed by atoms with Crippen LogP contribution < -0.4 is 4.90 Å². The summed E-state index contributed by atoms with van der Waals surface area (Å²) >= 11 is 1.49. The van der Waals surface area contributed by atoms with Crippen LogP contribution in [0.15, 0.2) is 35.2 Å². The molecule has 2 aromatic heterocycles. The third kappa shape index (κ3) is 3.96. The van der Waals surface area contributed by atoms with Crippen LogP contribution in [0.5, 0.6) is 0 Å². The summed E-state index contributed by atoms with van der Waals surface area (Å²) in [4.78, 5) is 29.3. The number of benzene rings is 1. The molecule has 4 rings (SSSR count). The maximum absolute atomic E-state index is 12.2. The molecule has 1 aliphatic rings. The van der Waals surface area contributed by atoms with Gasteiger partial charge in [-0.3, -0.25) is 0 Å². The summed E-state index contributed by atoms with van der Waals surface area (Å²) < 4.78 is 10.4. The Morgan fingerprint density at radius 1 is 1.20 bits per heavy atom. The minimum atomic E-state index is -0.500. The predicted molar refractivity (Wildman–Crippen MR) is 115 cm³/mol. The average Bonchev–Trinajstić information content (AvgIpc) is 2.82. The van der Waals surface area contributed by atoms with E-state index in [4.69, 9.17) is 19.4 Å². The van der Waals surface area contributed by atoms with Crippen LogP contribution in [0.25, 0.3) is 22.4 Å². The highest BCUT2D eigenvalue weighted by molar-refractivity contribution is 7.98. The molecule has 1 aromatic carbocycles. The number of anilines is 1. The smallest absolute Gasteiger partial charge is 0.356 e. The van der Waals surface area contributed by atoms with Gasteiger partial charge in [0.25, 0.3) is 0 Å². The lowest BCUT2D eigenvalue weighted by Gasteiger charge is -2.28. The number of ether oxygens (including phenoxy) is 2. The van der Waals surface area contributed by atoms with E-state index in [2.05, 4.69) is 9.88 Å². The van der Waals surface area contributed by atoms with Crippen LogP contribution in [-0.4, -0.2) is 65.7 Å². The first-order chi connectivity index (χ1) is 14.6. The molecule has 0 bridgehead atoms. The normalized spacial score (nSPS) is 14.2. The van der Waals surface area contributed by atoms with Gasteiger partial charge < -0.3 is 19.5 Å². The Morgan fingerprint density at radius 3 is 2.70 bits per heavy atom. The lowest BCUT2D eigenvalue weighted by molar-refractivity contribution is 0.0594. The number of aliphatic hydroxyl groups excluding tert-OH is 1. The van der Waals surface area contributed by atoms with Gasteiger partial charge in [-0.2, -0.15) is 0 Å². The highest BCUT2D eigenvalue weighted by atomic mass is 32.2. The van der Waals surface area contributed by atoms with E-state index in [-0.39, 0.29) is 12.3 Å². The van der Waals surface area contributed by atoms with Gasteiger partial charge in [0.2, 0.25) is 0 Å². The molecule has 8 nitrogen and oxygen atoms in total. The summed E-state index contributed by atoms with van der Waals surface area (Å²) in [6.07, 6.45) is 1.93. The molecule has 0 saturated carbocycles.